The summed E-state index contributed by atoms with van der Waals surface area (Å²) in [5.41, 5.74) is 1.71. The fourth-order valence-electron chi connectivity index (χ4n) is 1.39. The molecule has 5 heteroatoms. The predicted molar refractivity (Wildman–Crippen MR) is 62.2 cm³/mol. The van der Waals surface area contributed by atoms with Crippen molar-refractivity contribution in [1.82, 2.24) is 15.0 Å². The standard InChI is InChI=1S/C10H12BrN3O/c1-5(2)9-13-7-6(11)4-12-10(15-3)8(7)14-9/h4-5H,1-3H3,(H,13,14). The maximum Gasteiger partial charge on any atom is 0.239 e. The number of nitrogens with zero attached hydrogens (tertiary/aromatic N) is 2. The second kappa shape index (κ2) is 3.81. The third kappa shape index (κ3) is 1.71. The maximum atomic E-state index is 5.17. The number of hydrogen-bond acceptors (Lipinski definition) is 3. The van der Waals surface area contributed by atoms with Crippen molar-refractivity contribution in [2.75, 3.05) is 7.11 Å². The van der Waals surface area contributed by atoms with Gasteiger partial charge in [-0.3, -0.25) is 0 Å². The molecule has 2 heterocycles. The minimum Gasteiger partial charge on any atom is -0.479 e. The molecule has 0 radical (unpaired) electrons. The number of imidazole rings is 1. The summed E-state index contributed by atoms with van der Waals surface area (Å²) in [6, 6.07) is 0. The minimum atomic E-state index is 0.356. The maximum absolute atomic E-state index is 5.17. The number of pyridine rings is 1. The number of rotatable bonds is 2. The van der Waals surface area contributed by atoms with Gasteiger partial charge >= 0.3 is 0 Å². The molecule has 0 aliphatic rings. The molecule has 0 aliphatic heterocycles. The molecular formula is C10H12BrN3O. The smallest absolute Gasteiger partial charge is 0.239 e. The van der Waals surface area contributed by atoms with Crippen molar-refractivity contribution in [2.45, 2.75) is 19.8 Å². The predicted octanol–water partition coefficient (Wildman–Crippen LogP) is 2.85. The number of aromatic amines is 1. The number of hydrogen-bond donors (Lipinski definition) is 1. The van der Waals surface area contributed by atoms with Crippen LogP contribution in [-0.4, -0.2) is 22.1 Å². The molecule has 0 spiro atoms. The van der Waals surface area contributed by atoms with E-state index in [4.69, 9.17) is 4.74 Å². The zero-order valence-electron chi connectivity index (χ0n) is 8.84. The van der Waals surface area contributed by atoms with Crippen LogP contribution in [0.1, 0.15) is 25.6 Å². The molecule has 0 saturated heterocycles. The van der Waals surface area contributed by atoms with Gasteiger partial charge in [0, 0.05) is 12.1 Å². The van der Waals surface area contributed by atoms with Crippen LogP contribution in [0.5, 0.6) is 5.88 Å². The summed E-state index contributed by atoms with van der Waals surface area (Å²) < 4.78 is 6.05. The molecule has 2 aromatic rings. The molecule has 0 unspecified atom stereocenters. The summed E-state index contributed by atoms with van der Waals surface area (Å²) >= 11 is 3.42. The van der Waals surface area contributed by atoms with Gasteiger partial charge in [-0.1, -0.05) is 13.8 Å². The Labute approximate surface area is 96.2 Å². The van der Waals surface area contributed by atoms with Crippen molar-refractivity contribution >= 4 is 27.0 Å². The number of nitrogens with one attached hydrogen (secondary N) is 1. The highest BCUT2D eigenvalue weighted by Gasteiger charge is 2.13. The van der Waals surface area contributed by atoms with E-state index in [1.54, 1.807) is 13.3 Å². The first-order valence-electron chi connectivity index (χ1n) is 4.71. The number of aromatic nitrogens is 3. The zero-order chi connectivity index (χ0) is 11.0. The summed E-state index contributed by atoms with van der Waals surface area (Å²) in [6.07, 6.45) is 1.70. The van der Waals surface area contributed by atoms with E-state index in [0.717, 1.165) is 21.3 Å². The second-order valence-electron chi connectivity index (χ2n) is 3.62. The van der Waals surface area contributed by atoms with E-state index in [0.29, 0.717) is 11.8 Å². The Morgan fingerprint density at radius 3 is 2.80 bits per heavy atom. The lowest BCUT2D eigenvalue weighted by atomic mass is 10.2. The fourth-order valence-corrected chi connectivity index (χ4v) is 1.78. The van der Waals surface area contributed by atoms with Gasteiger partial charge in [-0.25, -0.2) is 9.97 Å². The molecule has 0 amide bonds. The largest absolute Gasteiger partial charge is 0.479 e. The molecular weight excluding hydrogens is 258 g/mol. The van der Waals surface area contributed by atoms with Gasteiger partial charge in [0.2, 0.25) is 5.88 Å². The molecule has 0 saturated carbocycles. The molecule has 0 fully saturated rings. The van der Waals surface area contributed by atoms with E-state index in [9.17, 15) is 0 Å². The SMILES string of the molecule is COc1ncc(Br)c2nc(C(C)C)[nH]c12. The van der Waals surface area contributed by atoms with E-state index in [2.05, 4.69) is 44.7 Å². The quantitative estimate of drug-likeness (QED) is 0.912. The summed E-state index contributed by atoms with van der Waals surface area (Å²) in [7, 11) is 1.60. The van der Waals surface area contributed by atoms with E-state index in [-0.39, 0.29) is 0 Å². The summed E-state index contributed by atoms with van der Waals surface area (Å²) in [5.74, 6) is 1.87. The number of halogens is 1. The van der Waals surface area contributed by atoms with Crippen molar-refractivity contribution < 1.29 is 4.74 Å². The highest BCUT2D eigenvalue weighted by atomic mass is 79.9. The van der Waals surface area contributed by atoms with Crippen LogP contribution in [0.2, 0.25) is 0 Å². The second-order valence-corrected chi connectivity index (χ2v) is 4.47. The van der Waals surface area contributed by atoms with Crippen LogP contribution in [0, 0.1) is 0 Å². The van der Waals surface area contributed by atoms with Crippen LogP contribution in [0.15, 0.2) is 10.7 Å². The third-order valence-corrected chi connectivity index (χ3v) is 2.78. The molecule has 0 aromatic carbocycles. The Hall–Kier alpha value is -1.10. The van der Waals surface area contributed by atoms with Crippen LogP contribution < -0.4 is 4.74 Å². The average molecular weight is 270 g/mol. The number of ether oxygens (including phenoxy) is 1. The van der Waals surface area contributed by atoms with E-state index in [1.807, 2.05) is 0 Å². The van der Waals surface area contributed by atoms with Gasteiger partial charge in [-0.15, -0.1) is 0 Å². The number of fused-ring (bicyclic) bond motifs is 1. The first-order chi connectivity index (χ1) is 7.13. The van der Waals surface area contributed by atoms with Crippen LogP contribution in [0.25, 0.3) is 11.0 Å². The van der Waals surface area contributed by atoms with Gasteiger partial charge in [0.1, 0.15) is 16.9 Å². The Bertz CT molecular complexity index is 493. The molecule has 4 nitrogen and oxygen atoms in total. The van der Waals surface area contributed by atoms with Gasteiger partial charge in [0.05, 0.1) is 11.6 Å². The van der Waals surface area contributed by atoms with Crippen molar-refractivity contribution in [2.24, 2.45) is 0 Å². The molecule has 0 aliphatic carbocycles. The summed E-state index contributed by atoms with van der Waals surface area (Å²) in [6.45, 7) is 4.18. The Morgan fingerprint density at radius 1 is 1.47 bits per heavy atom. The van der Waals surface area contributed by atoms with E-state index >= 15 is 0 Å². The van der Waals surface area contributed by atoms with Crippen molar-refractivity contribution in [1.29, 1.82) is 0 Å². The first-order valence-corrected chi connectivity index (χ1v) is 5.51. The van der Waals surface area contributed by atoms with Crippen LogP contribution in [-0.2, 0) is 0 Å². The minimum absolute atomic E-state index is 0.356. The lowest BCUT2D eigenvalue weighted by Gasteiger charge is -1.99. The van der Waals surface area contributed by atoms with E-state index < -0.39 is 0 Å². The Balaban J connectivity index is 2.72. The van der Waals surface area contributed by atoms with Crippen molar-refractivity contribution in [3.63, 3.8) is 0 Å². The Morgan fingerprint density at radius 2 is 2.20 bits per heavy atom. The highest BCUT2D eigenvalue weighted by Crippen LogP contribution is 2.28. The third-order valence-electron chi connectivity index (χ3n) is 2.20. The lowest BCUT2D eigenvalue weighted by molar-refractivity contribution is 0.402. The Kier molecular flexibility index (Phi) is 2.65. The molecule has 2 aromatic heterocycles. The zero-order valence-corrected chi connectivity index (χ0v) is 10.4. The normalized spacial score (nSPS) is 11.3. The van der Waals surface area contributed by atoms with Crippen molar-refractivity contribution in [3.05, 3.63) is 16.5 Å². The first kappa shape index (κ1) is 10.4. The summed E-state index contributed by atoms with van der Waals surface area (Å²) in [4.78, 5) is 11.9. The van der Waals surface area contributed by atoms with E-state index in [1.165, 1.54) is 0 Å². The van der Waals surface area contributed by atoms with Gasteiger partial charge in [-0.2, -0.15) is 0 Å². The molecule has 1 N–H and O–H groups in total. The van der Waals surface area contributed by atoms with Gasteiger partial charge in [-0.05, 0) is 15.9 Å². The lowest BCUT2D eigenvalue weighted by Crippen LogP contribution is -1.89. The number of H-pyrrole nitrogens is 1. The van der Waals surface area contributed by atoms with Gasteiger partial charge in [0.25, 0.3) is 0 Å². The highest BCUT2D eigenvalue weighted by molar-refractivity contribution is 9.10. The summed E-state index contributed by atoms with van der Waals surface area (Å²) in [5, 5.41) is 0. The van der Waals surface area contributed by atoms with Crippen LogP contribution in [0.3, 0.4) is 0 Å². The van der Waals surface area contributed by atoms with Crippen LogP contribution in [0.4, 0.5) is 0 Å². The van der Waals surface area contributed by atoms with Crippen molar-refractivity contribution in [3.8, 4) is 5.88 Å². The van der Waals surface area contributed by atoms with Crippen LogP contribution >= 0.6 is 15.9 Å². The molecule has 0 bridgehead atoms. The molecule has 2 rings (SSSR count). The average Bonchev–Trinajstić information content (AvgIpc) is 2.64. The number of methoxy groups -OCH3 is 1. The van der Waals surface area contributed by atoms with Gasteiger partial charge < -0.3 is 9.72 Å². The molecule has 0 atom stereocenters. The van der Waals surface area contributed by atoms with Gasteiger partial charge in [0.15, 0.2) is 0 Å². The fraction of sp³-hybridized carbons (Fsp3) is 0.400. The monoisotopic (exact) mass is 269 g/mol. The topological polar surface area (TPSA) is 50.8 Å². The molecule has 80 valence electrons. The molecule has 15 heavy (non-hydrogen) atoms.